The minimum absolute atomic E-state index is 0.00613. The Balaban J connectivity index is 2.27. The Kier molecular flexibility index (Phi) is 4.78. The minimum Gasteiger partial charge on any atom is -0.271 e. The molecule has 3 N–H and O–H groups in total. The van der Waals surface area contributed by atoms with Crippen LogP contribution in [0.4, 0.5) is 0 Å². The molecule has 19 heavy (non-hydrogen) atoms. The summed E-state index contributed by atoms with van der Waals surface area (Å²) in [6, 6.07) is 10.9. The Labute approximate surface area is 117 Å². The van der Waals surface area contributed by atoms with Crippen molar-refractivity contribution in [1.29, 1.82) is 0 Å². The molecular formula is C17H26N2. The van der Waals surface area contributed by atoms with E-state index < -0.39 is 0 Å². The first-order valence-electron chi connectivity index (χ1n) is 7.37. The number of nitrogens with two attached hydrogens (primary N) is 1. The molecule has 1 aliphatic carbocycles. The van der Waals surface area contributed by atoms with Crippen LogP contribution >= 0.6 is 0 Å². The van der Waals surface area contributed by atoms with E-state index in [1.54, 1.807) is 0 Å². The number of benzene rings is 1. The van der Waals surface area contributed by atoms with Crippen molar-refractivity contribution in [3.63, 3.8) is 0 Å². The molecule has 0 fully saturated rings. The third-order valence-corrected chi connectivity index (χ3v) is 4.35. The van der Waals surface area contributed by atoms with Crippen molar-refractivity contribution in [1.82, 2.24) is 5.43 Å². The van der Waals surface area contributed by atoms with Crippen LogP contribution in [-0.4, -0.2) is 6.04 Å². The van der Waals surface area contributed by atoms with Crippen molar-refractivity contribution in [2.24, 2.45) is 5.84 Å². The molecule has 1 aliphatic rings. The van der Waals surface area contributed by atoms with Gasteiger partial charge in [-0.15, -0.1) is 0 Å². The summed E-state index contributed by atoms with van der Waals surface area (Å²) in [6.07, 6.45) is 8.70. The van der Waals surface area contributed by atoms with Gasteiger partial charge in [-0.05, 0) is 31.2 Å². The zero-order chi connectivity index (χ0) is 13.7. The smallest absolute Gasteiger partial charge is 0.0511 e. The third kappa shape index (κ3) is 3.26. The summed E-state index contributed by atoms with van der Waals surface area (Å²) in [7, 11) is 0. The highest BCUT2D eigenvalue weighted by Crippen LogP contribution is 2.33. The maximum absolute atomic E-state index is 5.89. The maximum Gasteiger partial charge on any atom is 0.0511 e. The van der Waals surface area contributed by atoms with E-state index in [1.807, 2.05) is 0 Å². The number of allylic oxidation sites excluding steroid dienone is 1. The molecule has 0 aromatic heterocycles. The highest BCUT2D eigenvalue weighted by molar-refractivity contribution is 5.31. The second-order valence-electron chi connectivity index (χ2n) is 6.07. The first-order chi connectivity index (χ1) is 9.16. The molecule has 2 rings (SSSR count). The Hall–Kier alpha value is -1.12. The summed E-state index contributed by atoms with van der Waals surface area (Å²) < 4.78 is 0. The monoisotopic (exact) mass is 258 g/mol. The van der Waals surface area contributed by atoms with E-state index in [4.69, 9.17) is 5.84 Å². The Morgan fingerprint density at radius 2 is 1.84 bits per heavy atom. The van der Waals surface area contributed by atoms with Gasteiger partial charge in [-0.25, -0.2) is 0 Å². The lowest BCUT2D eigenvalue weighted by atomic mass is 9.74. The van der Waals surface area contributed by atoms with Crippen molar-refractivity contribution in [2.45, 2.75) is 57.4 Å². The summed E-state index contributed by atoms with van der Waals surface area (Å²) in [5, 5.41) is 0. The molecule has 1 unspecified atom stereocenters. The molecule has 1 aromatic carbocycles. The van der Waals surface area contributed by atoms with Crippen LogP contribution in [0, 0.1) is 0 Å². The number of hydrogen-bond donors (Lipinski definition) is 2. The molecule has 0 bridgehead atoms. The molecule has 0 saturated carbocycles. The highest BCUT2D eigenvalue weighted by atomic mass is 15.2. The molecule has 0 radical (unpaired) electrons. The van der Waals surface area contributed by atoms with Gasteiger partial charge in [-0.1, -0.05) is 62.2 Å². The molecule has 2 heteroatoms. The molecule has 0 spiro atoms. The van der Waals surface area contributed by atoms with E-state index in [1.165, 1.54) is 43.2 Å². The Morgan fingerprint density at radius 3 is 2.53 bits per heavy atom. The molecule has 0 heterocycles. The Bertz CT molecular complexity index is 420. The lowest BCUT2D eigenvalue weighted by molar-refractivity contribution is 0.376. The quantitative estimate of drug-likeness (QED) is 0.491. The van der Waals surface area contributed by atoms with E-state index in [2.05, 4.69) is 55.7 Å². The van der Waals surface area contributed by atoms with E-state index in [-0.39, 0.29) is 11.5 Å². The summed E-state index contributed by atoms with van der Waals surface area (Å²) in [4.78, 5) is 0. The molecule has 0 aliphatic heterocycles. The fourth-order valence-corrected chi connectivity index (χ4v) is 3.12. The molecule has 1 aromatic rings. The summed E-state index contributed by atoms with van der Waals surface area (Å²) in [5.74, 6) is 5.89. The first-order valence-corrected chi connectivity index (χ1v) is 7.37. The van der Waals surface area contributed by atoms with Crippen LogP contribution in [0.5, 0.6) is 0 Å². The van der Waals surface area contributed by atoms with E-state index >= 15 is 0 Å². The van der Waals surface area contributed by atoms with Gasteiger partial charge in [0.25, 0.3) is 0 Å². The van der Waals surface area contributed by atoms with E-state index in [0.29, 0.717) is 0 Å². The number of nitrogens with one attached hydrogen (secondary N) is 1. The lowest BCUT2D eigenvalue weighted by Crippen LogP contribution is -2.49. The highest BCUT2D eigenvalue weighted by Gasteiger charge is 2.32. The normalized spacial score (nSPS) is 18.6. The predicted molar refractivity (Wildman–Crippen MR) is 81.7 cm³/mol. The molecule has 0 saturated heterocycles. The van der Waals surface area contributed by atoms with E-state index in [9.17, 15) is 0 Å². The Morgan fingerprint density at radius 1 is 1.11 bits per heavy atom. The van der Waals surface area contributed by atoms with Crippen LogP contribution < -0.4 is 11.3 Å². The van der Waals surface area contributed by atoms with Crippen LogP contribution in [0.25, 0.3) is 0 Å². The minimum atomic E-state index is 0.00613. The van der Waals surface area contributed by atoms with Gasteiger partial charge in [0.1, 0.15) is 0 Å². The second kappa shape index (κ2) is 6.36. The predicted octanol–water partition coefficient (Wildman–Crippen LogP) is 3.69. The van der Waals surface area contributed by atoms with Gasteiger partial charge < -0.3 is 0 Å². The van der Waals surface area contributed by atoms with Crippen LogP contribution in [0.1, 0.15) is 51.5 Å². The summed E-state index contributed by atoms with van der Waals surface area (Å²) in [5.41, 5.74) is 5.89. The molecule has 1 atom stereocenters. The number of hydrogen-bond acceptors (Lipinski definition) is 2. The van der Waals surface area contributed by atoms with Crippen molar-refractivity contribution >= 4 is 0 Å². The van der Waals surface area contributed by atoms with Crippen molar-refractivity contribution in [3.8, 4) is 0 Å². The second-order valence-corrected chi connectivity index (χ2v) is 6.07. The van der Waals surface area contributed by atoms with Gasteiger partial charge in [-0.2, -0.15) is 0 Å². The molecular weight excluding hydrogens is 232 g/mol. The first kappa shape index (κ1) is 14.3. The van der Waals surface area contributed by atoms with Gasteiger partial charge in [0.2, 0.25) is 0 Å². The van der Waals surface area contributed by atoms with Crippen LogP contribution in [0.15, 0.2) is 42.0 Å². The molecule has 0 amide bonds. The van der Waals surface area contributed by atoms with Gasteiger partial charge in [0.05, 0.1) is 6.04 Å². The number of hydrazine groups is 1. The summed E-state index contributed by atoms with van der Waals surface area (Å²) in [6.45, 7) is 4.55. The van der Waals surface area contributed by atoms with Crippen LogP contribution in [0.2, 0.25) is 0 Å². The fraction of sp³-hybridized carbons (Fsp3) is 0.529. The number of rotatable bonds is 4. The van der Waals surface area contributed by atoms with Crippen molar-refractivity contribution in [2.75, 3.05) is 0 Å². The topological polar surface area (TPSA) is 38.0 Å². The van der Waals surface area contributed by atoms with Crippen molar-refractivity contribution in [3.05, 3.63) is 47.5 Å². The van der Waals surface area contributed by atoms with Gasteiger partial charge >= 0.3 is 0 Å². The van der Waals surface area contributed by atoms with E-state index in [0.717, 1.165) is 0 Å². The average Bonchev–Trinajstić information content (AvgIpc) is 2.69. The fourth-order valence-electron chi connectivity index (χ4n) is 3.12. The van der Waals surface area contributed by atoms with Gasteiger partial charge in [0, 0.05) is 5.41 Å². The lowest BCUT2D eigenvalue weighted by Gasteiger charge is -2.36. The van der Waals surface area contributed by atoms with Crippen LogP contribution in [0.3, 0.4) is 0 Å². The zero-order valence-corrected chi connectivity index (χ0v) is 12.2. The maximum atomic E-state index is 5.89. The largest absolute Gasteiger partial charge is 0.271 e. The third-order valence-electron chi connectivity index (χ3n) is 4.35. The molecule has 104 valence electrons. The van der Waals surface area contributed by atoms with Gasteiger partial charge in [0.15, 0.2) is 0 Å². The van der Waals surface area contributed by atoms with Gasteiger partial charge in [-0.3, -0.25) is 11.3 Å². The van der Waals surface area contributed by atoms with Crippen molar-refractivity contribution < 1.29 is 0 Å². The SMILES string of the molecule is CC(C)(c1ccccc1)C(NN)C1=CCCCCC1. The average molecular weight is 258 g/mol. The standard InChI is InChI=1S/C17H26N2/c1-17(2,15-12-8-5-9-13-15)16(19-18)14-10-6-3-4-7-11-14/h5,8-10,12-13,16,19H,3-4,6-7,11,18H2,1-2H3. The summed E-state index contributed by atoms with van der Waals surface area (Å²) >= 11 is 0. The zero-order valence-electron chi connectivity index (χ0n) is 12.2. The van der Waals surface area contributed by atoms with Crippen LogP contribution in [-0.2, 0) is 5.41 Å². The molecule has 2 nitrogen and oxygen atoms in total.